The molecule has 2 heterocycles. The molecule has 1 N–H and O–H groups in total. The molecule has 94 valence electrons. The van der Waals surface area contributed by atoms with Gasteiger partial charge < -0.3 is 10.0 Å². The Balaban J connectivity index is 2.16. The highest BCUT2D eigenvalue weighted by Gasteiger charge is 2.24. The summed E-state index contributed by atoms with van der Waals surface area (Å²) in [5, 5.41) is 9.44. The maximum absolute atomic E-state index is 9.44. The van der Waals surface area contributed by atoms with Gasteiger partial charge in [0.15, 0.2) is 0 Å². The van der Waals surface area contributed by atoms with E-state index >= 15 is 0 Å². The Labute approximate surface area is 103 Å². The van der Waals surface area contributed by atoms with Crippen molar-refractivity contribution in [3.63, 3.8) is 0 Å². The summed E-state index contributed by atoms with van der Waals surface area (Å²) in [6, 6.07) is 4.57. The summed E-state index contributed by atoms with van der Waals surface area (Å²) in [6.07, 6.45) is 3.97. The van der Waals surface area contributed by atoms with Crippen LogP contribution in [0.25, 0.3) is 0 Å². The molecule has 17 heavy (non-hydrogen) atoms. The molecule has 0 spiro atoms. The fourth-order valence-corrected chi connectivity index (χ4v) is 2.51. The first-order chi connectivity index (χ1) is 8.09. The zero-order valence-corrected chi connectivity index (χ0v) is 10.9. The molecule has 0 amide bonds. The van der Waals surface area contributed by atoms with E-state index in [0.29, 0.717) is 6.04 Å². The minimum absolute atomic E-state index is 0.484. The van der Waals surface area contributed by atoms with E-state index in [1.807, 2.05) is 12.3 Å². The molecule has 2 unspecified atom stereocenters. The van der Waals surface area contributed by atoms with Crippen LogP contribution >= 0.6 is 0 Å². The molecule has 0 radical (unpaired) electrons. The molecule has 3 heteroatoms. The average molecular weight is 234 g/mol. The molecule has 0 aromatic carbocycles. The lowest BCUT2D eigenvalue weighted by Crippen LogP contribution is -2.42. The highest BCUT2D eigenvalue weighted by molar-refractivity contribution is 5.46. The predicted molar refractivity (Wildman–Crippen MR) is 70.1 cm³/mol. The third-order valence-corrected chi connectivity index (χ3v) is 3.90. The molecule has 1 aromatic heterocycles. The Morgan fingerprint density at radius 2 is 2.18 bits per heavy atom. The van der Waals surface area contributed by atoms with Crippen LogP contribution in [0.4, 0.5) is 5.69 Å². The molecule has 1 aromatic rings. The second-order valence-electron chi connectivity index (χ2n) is 5.17. The van der Waals surface area contributed by atoms with Crippen molar-refractivity contribution in [3.05, 3.63) is 24.0 Å². The maximum Gasteiger partial charge on any atom is 0.0931 e. The van der Waals surface area contributed by atoms with Crippen LogP contribution in [0.5, 0.6) is 0 Å². The minimum Gasteiger partial charge on any atom is -0.387 e. The third-order valence-electron chi connectivity index (χ3n) is 3.90. The Bertz CT molecular complexity index is 361. The van der Waals surface area contributed by atoms with Crippen LogP contribution in [-0.2, 0) is 0 Å². The van der Waals surface area contributed by atoms with Gasteiger partial charge in [0, 0.05) is 12.6 Å². The van der Waals surface area contributed by atoms with E-state index in [9.17, 15) is 5.11 Å². The van der Waals surface area contributed by atoms with E-state index < -0.39 is 6.10 Å². The van der Waals surface area contributed by atoms with Gasteiger partial charge in [-0.3, -0.25) is 4.98 Å². The van der Waals surface area contributed by atoms with Crippen molar-refractivity contribution in [2.24, 2.45) is 5.92 Å². The molecule has 0 aliphatic carbocycles. The van der Waals surface area contributed by atoms with E-state index in [1.165, 1.54) is 18.5 Å². The van der Waals surface area contributed by atoms with E-state index in [0.717, 1.165) is 18.2 Å². The van der Waals surface area contributed by atoms with Gasteiger partial charge in [0.1, 0.15) is 0 Å². The lowest BCUT2D eigenvalue weighted by molar-refractivity contribution is 0.194. The molecule has 0 saturated carbocycles. The zero-order valence-electron chi connectivity index (χ0n) is 10.9. The van der Waals surface area contributed by atoms with Gasteiger partial charge in [-0.05, 0) is 44.7 Å². The summed E-state index contributed by atoms with van der Waals surface area (Å²) in [7, 11) is 0. The summed E-state index contributed by atoms with van der Waals surface area (Å²) in [5.74, 6) is 0.736. The summed E-state index contributed by atoms with van der Waals surface area (Å²) >= 11 is 0. The first-order valence-electron chi connectivity index (χ1n) is 6.50. The second-order valence-corrected chi connectivity index (χ2v) is 5.17. The van der Waals surface area contributed by atoms with E-state index in [4.69, 9.17) is 0 Å². The van der Waals surface area contributed by atoms with Crippen LogP contribution in [0.1, 0.15) is 45.4 Å². The van der Waals surface area contributed by atoms with Crippen molar-refractivity contribution >= 4 is 5.69 Å². The Morgan fingerprint density at radius 3 is 2.76 bits per heavy atom. The standard InChI is InChI=1S/C14H22N2O/c1-10-5-4-8-16(11(10)2)13-6-7-14(12(3)17)15-9-13/h6-7,9-12,17H,4-5,8H2,1-3H3/t10?,11?,12-/m1/s1. The monoisotopic (exact) mass is 234 g/mol. The third kappa shape index (κ3) is 2.60. The van der Waals surface area contributed by atoms with Crippen LogP contribution in [0.15, 0.2) is 18.3 Å². The number of pyridine rings is 1. The fraction of sp³-hybridized carbons (Fsp3) is 0.643. The quantitative estimate of drug-likeness (QED) is 0.854. The van der Waals surface area contributed by atoms with Crippen LogP contribution in [0, 0.1) is 5.92 Å². The minimum atomic E-state index is -0.484. The summed E-state index contributed by atoms with van der Waals surface area (Å²) in [5.41, 5.74) is 1.92. The number of aliphatic hydroxyl groups excluding tert-OH is 1. The largest absolute Gasteiger partial charge is 0.387 e. The van der Waals surface area contributed by atoms with Crippen LogP contribution < -0.4 is 4.90 Å². The summed E-state index contributed by atoms with van der Waals surface area (Å²) in [6.45, 7) is 7.45. The molecule has 1 aliphatic heterocycles. The number of aromatic nitrogens is 1. The smallest absolute Gasteiger partial charge is 0.0931 e. The molecular weight excluding hydrogens is 212 g/mol. The highest BCUT2D eigenvalue weighted by Crippen LogP contribution is 2.28. The topological polar surface area (TPSA) is 36.4 Å². The molecule has 1 fully saturated rings. The van der Waals surface area contributed by atoms with Gasteiger partial charge >= 0.3 is 0 Å². The Hall–Kier alpha value is -1.09. The first kappa shape index (κ1) is 12.4. The molecule has 3 atom stereocenters. The Morgan fingerprint density at radius 1 is 1.41 bits per heavy atom. The molecule has 1 aliphatic rings. The van der Waals surface area contributed by atoms with Gasteiger partial charge in [0.05, 0.1) is 23.7 Å². The number of piperidine rings is 1. The van der Waals surface area contributed by atoms with Crippen molar-refractivity contribution in [3.8, 4) is 0 Å². The number of nitrogens with zero attached hydrogens (tertiary/aromatic N) is 2. The van der Waals surface area contributed by atoms with E-state index in [1.54, 1.807) is 6.92 Å². The molecule has 2 rings (SSSR count). The van der Waals surface area contributed by atoms with Gasteiger partial charge in [-0.25, -0.2) is 0 Å². The summed E-state index contributed by atoms with van der Waals surface area (Å²) < 4.78 is 0. The van der Waals surface area contributed by atoms with E-state index in [-0.39, 0.29) is 0 Å². The van der Waals surface area contributed by atoms with Gasteiger partial charge in [-0.15, -0.1) is 0 Å². The lowest BCUT2D eigenvalue weighted by Gasteiger charge is -2.39. The molecular formula is C14H22N2O. The SMILES string of the molecule is CC1CCCN(c2ccc([C@@H](C)O)nc2)C1C. The predicted octanol–water partition coefficient (Wildman–Crippen LogP) is 2.76. The zero-order chi connectivity index (χ0) is 12.4. The Kier molecular flexibility index (Phi) is 3.67. The lowest BCUT2D eigenvalue weighted by atomic mass is 9.92. The highest BCUT2D eigenvalue weighted by atomic mass is 16.3. The van der Waals surface area contributed by atoms with Crippen LogP contribution in [-0.4, -0.2) is 22.7 Å². The van der Waals surface area contributed by atoms with Crippen molar-refractivity contribution in [1.82, 2.24) is 4.98 Å². The van der Waals surface area contributed by atoms with Crippen molar-refractivity contribution in [1.29, 1.82) is 0 Å². The normalized spacial score (nSPS) is 26.9. The second kappa shape index (κ2) is 5.05. The van der Waals surface area contributed by atoms with Gasteiger partial charge in [0.2, 0.25) is 0 Å². The number of hydrogen-bond donors (Lipinski definition) is 1. The number of hydrogen-bond acceptors (Lipinski definition) is 3. The average Bonchev–Trinajstić information content (AvgIpc) is 2.33. The van der Waals surface area contributed by atoms with Crippen LogP contribution in [0.2, 0.25) is 0 Å². The molecule has 3 nitrogen and oxygen atoms in total. The number of rotatable bonds is 2. The number of aliphatic hydroxyl groups is 1. The number of anilines is 1. The molecule has 0 bridgehead atoms. The van der Waals surface area contributed by atoms with Crippen molar-refractivity contribution in [2.75, 3.05) is 11.4 Å². The summed E-state index contributed by atoms with van der Waals surface area (Å²) in [4.78, 5) is 6.74. The van der Waals surface area contributed by atoms with Gasteiger partial charge in [-0.1, -0.05) is 6.92 Å². The fourth-order valence-electron chi connectivity index (χ4n) is 2.51. The van der Waals surface area contributed by atoms with Crippen molar-refractivity contribution in [2.45, 2.75) is 45.8 Å². The molecule has 1 saturated heterocycles. The maximum atomic E-state index is 9.44. The van der Waals surface area contributed by atoms with E-state index in [2.05, 4.69) is 29.8 Å². The van der Waals surface area contributed by atoms with Gasteiger partial charge in [-0.2, -0.15) is 0 Å². The first-order valence-corrected chi connectivity index (χ1v) is 6.50. The van der Waals surface area contributed by atoms with Gasteiger partial charge in [0.25, 0.3) is 0 Å². The van der Waals surface area contributed by atoms with Crippen molar-refractivity contribution < 1.29 is 5.11 Å². The van der Waals surface area contributed by atoms with Crippen LogP contribution in [0.3, 0.4) is 0 Å².